The van der Waals surface area contributed by atoms with Crippen molar-refractivity contribution in [2.75, 3.05) is 7.11 Å². The second-order valence-corrected chi connectivity index (χ2v) is 4.25. The van der Waals surface area contributed by atoms with Gasteiger partial charge in [0, 0.05) is 5.56 Å². The Balaban J connectivity index is 2.50. The van der Waals surface area contributed by atoms with Gasteiger partial charge in [0.25, 0.3) is 0 Å². The van der Waals surface area contributed by atoms with E-state index in [1.54, 1.807) is 24.8 Å². The summed E-state index contributed by atoms with van der Waals surface area (Å²) in [4.78, 5) is 4.73. The summed E-state index contributed by atoms with van der Waals surface area (Å²) in [7, 11) is 1.56. The van der Waals surface area contributed by atoms with Crippen molar-refractivity contribution in [3.63, 3.8) is 0 Å². The standard InChI is InChI=1S/C11H7ClN2OS/c1-15-9-3-2-7(4-8(9)12)11-10(5-13)16-6-14-11/h2-4,6H,1H3. The Bertz CT molecular complexity index is 559. The molecular formula is C11H7ClN2OS. The molecule has 0 N–H and O–H groups in total. The largest absolute Gasteiger partial charge is 0.495 e. The first-order chi connectivity index (χ1) is 7.76. The number of hydrogen-bond donors (Lipinski definition) is 0. The van der Waals surface area contributed by atoms with E-state index in [4.69, 9.17) is 21.6 Å². The molecule has 0 radical (unpaired) electrons. The maximum Gasteiger partial charge on any atom is 0.137 e. The maximum absolute atomic E-state index is 8.90. The summed E-state index contributed by atoms with van der Waals surface area (Å²) in [5.41, 5.74) is 3.13. The molecular weight excluding hydrogens is 244 g/mol. The van der Waals surface area contributed by atoms with Gasteiger partial charge in [-0.2, -0.15) is 5.26 Å². The van der Waals surface area contributed by atoms with Crippen LogP contribution in [-0.2, 0) is 0 Å². The average Bonchev–Trinajstić information content (AvgIpc) is 2.77. The van der Waals surface area contributed by atoms with Gasteiger partial charge in [0.2, 0.25) is 0 Å². The van der Waals surface area contributed by atoms with Gasteiger partial charge < -0.3 is 4.74 Å². The van der Waals surface area contributed by atoms with Gasteiger partial charge in [0.1, 0.15) is 16.7 Å². The molecule has 0 fully saturated rings. The fourth-order valence-electron chi connectivity index (χ4n) is 1.34. The summed E-state index contributed by atoms with van der Waals surface area (Å²) < 4.78 is 5.06. The number of thiazole rings is 1. The van der Waals surface area contributed by atoms with E-state index in [-0.39, 0.29) is 0 Å². The highest BCUT2D eigenvalue weighted by Gasteiger charge is 2.10. The zero-order valence-electron chi connectivity index (χ0n) is 8.40. The van der Waals surface area contributed by atoms with Crippen molar-refractivity contribution >= 4 is 22.9 Å². The zero-order valence-corrected chi connectivity index (χ0v) is 9.97. The molecule has 1 aromatic carbocycles. The van der Waals surface area contributed by atoms with Crippen LogP contribution in [0.25, 0.3) is 11.3 Å². The second-order valence-electron chi connectivity index (χ2n) is 2.99. The predicted molar refractivity (Wildman–Crippen MR) is 63.8 cm³/mol. The third-order valence-electron chi connectivity index (χ3n) is 2.09. The number of rotatable bonds is 2. The lowest BCUT2D eigenvalue weighted by molar-refractivity contribution is 0.415. The first kappa shape index (κ1) is 10.9. The van der Waals surface area contributed by atoms with Crippen LogP contribution in [0.3, 0.4) is 0 Å². The lowest BCUT2D eigenvalue weighted by Gasteiger charge is -2.04. The van der Waals surface area contributed by atoms with E-state index < -0.39 is 0 Å². The molecule has 0 bridgehead atoms. The van der Waals surface area contributed by atoms with Gasteiger partial charge in [0.15, 0.2) is 0 Å². The molecule has 0 aliphatic rings. The highest BCUT2D eigenvalue weighted by molar-refractivity contribution is 7.10. The van der Waals surface area contributed by atoms with E-state index >= 15 is 0 Å². The van der Waals surface area contributed by atoms with Crippen LogP contribution in [0, 0.1) is 11.3 Å². The average molecular weight is 251 g/mol. The molecule has 1 aromatic heterocycles. The summed E-state index contributed by atoms with van der Waals surface area (Å²) in [6.45, 7) is 0. The van der Waals surface area contributed by atoms with E-state index in [2.05, 4.69) is 11.1 Å². The SMILES string of the molecule is COc1ccc(-c2ncsc2C#N)cc1Cl. The third-order valence-corrected chi connectivity index (χ3v) is 3.12. The molecule has 16 heavy (non-hydrogen) atoms. The van der Waals surface area contributed by atoms with Crippen molar-refractivity contribution in [3.05, 3.63) is 33.6 Å². The number of nitriles is 1. The van der Waals surface area contributed by atoms with Gasteiger partial charge in [-0.25, -0.2) is 4.98 Å². The monoisotopic (exact) mass is 250 g/mol. The van der Waals surface area contributed by atoms with E-state index in [1.807, 2.05) is 6.07 Å². The van der Waals surface area contributed by atoms with Crippen LogP contribution in [0.2, 0.25) is 5.02 Å². The number of halogens is 1. The summed E-state index contributed by atoms with van der Waals surface area (Å²) in [5.74, 6) is 0.610. The van der Waals surface area contributed by atoms with Crippen molar-refractivity contribution < 1.29 is 4.74 Å². The molecule has 5 heteroatoms. The van der Waals surface area contributed by atoms with Crippen molar-refractivity contribution in [1.29, 1.82) is 5.26 Å². The predicted octanol–water partition coefficient (Wildman–Crippen LogP) is 3.34. The Morgan fingerprint density at radius 3 is 2.94 bits per heavy atom. The summed E-state index contributed by atoms with van der Waals surface area (Å²) >= 11 is 7.32. The Kier molecular flexibility index (Phi) is 3.09. The first-order valence-corrected chi connectivity index (χ1v) is 5.69. The van der Waals surface area contributed by atoms with Gasteiger partial charge in [-0.15, -0.1) is 11.3 Å². The van der Waals surface area contributed by atoms with Crippen LogP contribution in [0.4, 0.5) is 0 Å². The minimum absolute atomic E-state index is 0.511. The molecule has 80 valence electrons. The fourth-order valence-corrected chi connectivity index (χ4v) is 2.20. The van der Waals surface area contributed by atoms with Crippen molar-refractivity contribution in [3.8, 4) is 23.1 Å². The molecule has 0 saturated heterocycles. The van der Waals surface area contributed by atoms with Crippen LogP contribution in [0.5, 0.6) is 5.75 Å². The summed E-state index contributed by atoms with van der Waals surface area (Å²) in [5, 5.41) is 9.41. The summed E-state index contributed by atoms with van der Waals surface area (Å²) in [6.07, 6.45) is 0. The molecule has 0 atom stereocenters. The molecule has 2 aromatic rings. The molecule has 1 heterocycles. The van der Waals surface area contributed by atoms with Gasteiger partial charge in [-0.1, -0.05) is 11.6 Å². The highest BCUT2D eigenvalue weighted by Crippen LogP contribution is 2.31. The minimum atomic E-state index is 0.511. The number of ether oxygens (including phenoxy) is 1. The second kappa shape index (κ2) is 4.52. The van der Waals surface area contributed by atoms with Crippen LogP contribution in [0.15, 0.2) is 23.7 Å². The topological polar surface area (TPSA) is 45.9 Å². The van der Waals surface area contributed by atoms with Crippen molar-refractivity contribution in [2.45, 2.75) is 0 Å². The van der Waals surface area contributed by atoms with Gasteiger partial charge in [-0.05, 0) is 18.2 Å². The number of aromatic nitrogens is 1. The lowest BCUT2D eigenvalue weighted by atomic mass is 10.1. The van der Waals surface area contributed by atoms with Gasteiger partial charge in [-0.3, -0.25) is 0 Å². The quantitative estimate of drug-likeness (QED) is 0.821. The molecule has 3 nitrogen and oxygen atoms in total. The van der Waals surface area contributed by atoms with E-state index in [9.17, 15) is 0 Å². The number of benzene rings is 1. The number of methoxy groups -OCH3 is 1. The zero-order chi connectivity index (χ0) is 11.5. The molecule has 0 saturated carbocycles. The fraction of sp³-hybridized carbons (Fsp3) is 0.0909. The van der Waals surface area contributed by atoms with Gasteiger partial charge >= 0.3 is 0 Å². The Hall–Kier alpha value is -1.57. The van der Waals surface area contributed by atoms with E-state index in [0.717, 1.165) is 5.56 Å². The molecule has 0 aliphatic carbocycles. The maximum atomic E-state index is 8.90. The normalized spacial score (nSPS) is 9.81. The number of hydrogen-bond acceptors (Lipinski definition) is 4. The Labute approximate surface area is 102 Å². The molecule has 0 spiro atoms. The van der Waals surface area contributed by atoms with Crippen LogP contribution < -0.4 is 4.74 Å². The lowest BCUT2D eigenvalue weighted by Crippen LogP contribution is -1.86. The van der Waals surface area contributed by atoms with E-state index in [0.29, 0.717) is 21.3 Å². The number of nitrogens with zero attached hydrogens (tertiary/aromatic N) is 2. The molecule has 0 amide bonds. The van der Waals surface area contributed by atoms with Crippen molar-refractivity contribution in [1.82, 2.24) is 4.98 Å². The highest BCUT2D eigenvalue weighted by atomic mass is 35.5. The van der Waals surface area contributed by atoms with Gasteiger partial charge in [0.05, 0.1) is 23.3 Å². The van der Waals surface area contributed by atoms with Crippen molar-refractivity contribution in [2.24, 2.45) is 0 Å². The summed E-state index contributed by atoms with van der Waals surface area (Å²) in [6, 6.07) is 7.45. The van der Waals surface area contributed by atoms with Crippen LogP contribution in [-0.4, -0.2) is 12.1 Å². The molecule has 2 rings (SSSR count). The first-order valence-electron chi connectivity index (χ1n) is 4.43. The Morgan fingerprint density at radius 2 is 2.31 bits per heavy atom. The van der Waals surface area contributed by atoms with E-state index in [1.165, 1.54) is 11.3 Å². The molecule has 0 aliphatic heterocycles. The van der Waals surface area contributed by atoms with Crippen LogP contribution >= 0.6 is 22.9 Å². The Morgan fingerprint density at radius 1 is 1.50 bits per heavy atom. The third kappa shape index (κ3) is 1.87. The molecule has 0 unspecified atom stereocenters. The van der Waals surface area contributed by atoms with Crippen LogP contribution in [0.1, 0.15) is 4.88 Å². The minimum Gasteiger partial charge on any atom is -0.495 e. The smallest absolute Gasteiger partial charge is 0.137 e.